The van der Waals surface area contributed by atoms with Gasteiger partial charge in [0, 0.05) is 25.1 Å². The smallest absolute Gasteiger partial charge is 0.228 e. The Hall–Kier alpha value is -2.13. The van der Waals surface area contributed by atoms with E-state index in [4.69, 9.17) is 4.74 Å². The summed E-state index contributed by atoms with van der Waals surface area (Å²) < 4.78 is 5.44. The number of benzene rings is 2. The maximum atomic E-state index is 13.0. The second kappa shape index (κ2) is 7.01. The van der Waals surface area contributed by atoms with Crippen molar-refractivity contribution in [2.45, 2.75) is 24.7 Å². The first-order valence-electron chi connectivity index (χ1n) is 9.27. The van der Waals surface area contributed by atoms with Crippen molar-refractivity contribution in [3.05, 3.63) is 71.8 Å². The van der Waals surface area contributed by atoms with Crippen molar-refractivity contribution in [1.29, 1.82) is 0 Å². The maximum Gasteiger partial charge on any atom is 0.228 e. The number of rotatable bonds is 3. The monoisotopic (exact) mass is 335 g/mol. The quantitative estimate of drug-likeness (QED) is 0.857. The van der Waals surface area contributed by atoms with Gasteiger partial charge in [0.25, 0.3) is 0 Å². The zero-order valence-corrected chi connectivity index (χ0v) is 14.6. The largest absolute Gasteiger partial charge is 0.381 e. The zero-order chi connectivity index (χ0) is 17.1. The van der Waals surface area contributed by atoms with E-state index in [2.05, 4.69) is 65.6 Å². The van der Waals surface area contributed by atoms with Gasteiger partial charge < -0.3 is 9.64 Å². The van der Waals surface area contributed by atoms with E-state index in [-0.39, 0.29) is 17.2 Å². The lowest BCUT2D eigenvalue weighted by Gasteiger charge is -2.44. The van der Waals surface area contributed by atoms with Crippen LogP contribution in [-0.4, -0.2) is 37.1 Å². The molecule has 2 aromatic rings. The molecule has 25 heavy (non-hydrogen) atoms. The third-order valence-electron chi connectivity index (χ3n) is 5.74. The molecule has 0 radical (unpaired) electrons. The summed E-state index contributed by atoms with van der Waals surface area (Å²) in [5.74, 6) is 0.316. The number of hydrogen-bond donors (Lipinski definition) is 0. The first-order valence-corrected chi connectivity index (χ1v) is 9.27. The Morgan fingerprint density at radius 1 is 1.00 bits per heavy atom. The third-order valence-corrected chi connectivity index (χ3v) is 5.74. The summed E-state index contributed by atoms with van der Waals surface area (Å²) in [6.07, 6.45) is 2.97. The molecule has 0 unspecified atom stereocenters. The summed E-state index contributed by atoms with van der Waals surface area (Å²) >= 11 is 0. The zero-order valence-electron chi connectivity index (χ0n) is 14.6. The first-order chi connectivity index (χ1) is 12.3. The van der Waals surface area contributed by atoms with E-state index in [9.17, 15) is 4.79 Å². The van der Waals surface area contributed by atoms with Crippen molar-refractivity contribution >= 4 is 5.91 Å². The maximum absolute atomic E-state index is 13.0. The van der Waals surface area contributed by atoms with Crippen LogP contribution in [0.5, 0.6) is 0 Å². The first kappa shape index (κ1) is 16.3. The van der Waals surface area contributed by atoms with Crippen LogP contribution in [-0.2, 0) is 14.9 Å². The normalized spacial score (nSPS) is 22.7. The Morgan fingerprint density at radius 2 is 1.64 bits per heavy atom. The topological polar surface area (TPSA) is 29.5 Å². The van der Waals surface area contributed by atoms with Crippen LogP contribution in [0.2, 0.25) is 0 Å². The molecule has 0 spiro atoms. The molecule has 0 saturated carbocycles. The highest BCUT2D eigenvalue weighted by Gasteiger charge is 2.41. The van der Waals surface area contributed by atoms with Gasteiger partial charge in [0.15, 0.2) is 0 Å². The van der Waals surface area contributed by atoms with Gasteiger partial charge in [-0.05, 0) is 30.4 Å². The number of ether oxygens (including phenoxy) is 1. The van der Waals surface area contributed by atoms with E-state index in [1.54, 1.807) is 0 Å². The lowest BCUT2D eigenvalue weighted by atomic mass is 9.69. The van der Waals surface area contributed by atoms with Crippen LogP contribution in [0.1, 0.15) is 30.4 Å². The summed E-state index contributed by atoms with van der Waals surface area (Å²) in [5.41, 5.74) is 2.50. The van der Waals surface area contributed by atoms with Gasteiger partial charge in [-0.2, -0.15) is 0 Å². The Balaban J connectivity index is 1.70. The van der Waals surface area contributed by atoms with Crippen molar-refractivity contribution in [3.63, 3.8) is 0 Å². The van der Waals surface area contributed by atoms with Gasteiger partial charge in [-0.3, -0.25) is 4.79 Å². The number of likely N-dealkylation sites (tertiary alicyclic amines) is 1. The molecular weight excluding hydrogens is 310 g/mol. The highest BCUT2D eigenvalue weighted by atomic mass is 16.5. The summed E-state index contributed by atoms with van der Waals surface area (Å²) in [7, 11) is 0. The highest BCUT2D eigenvalue weighted by molar-refractivity contribution is 5.79. The fraction of sp³-hybridized carbons (Fsp3) is 0.409. The summed E-state index contributed by atoms with van der Waals surface area (Å²) in [4.78, 5) is 15.1. The molecule has 0 N–H and O–H groups in total. The number of carbonyl (C=O) groups excluding carboxylic acids is 1. The fourth-order valence-corrected chi connectivity index (χ4v) is 4.38. The molecule has 2 saturated heterocycles. The van der Waals surface area contributed by atoms with Crippen molar-refractivity contribution in [3.8, 4) is 0 Å². The predicted octanol–water partition coefficient (Wildman–Crippen LogP) is 3.63. The second-order valence-electron chi connectivity index (χ2n) is 7.24. The lowest BCUT2D eigenvalue weighted by molar-refractivity contribution is -0.137. The molecule has 2 fully saturated rings. The third kappa shape index (κ3) is 3.09. The van der Waals surface area contributed by atoms with Gasteiger partial charge in [-0.15, -0.1) is 0 Å². The van der Waals surface area contributed by atoms with Crippen LogP contribution < -0.4 is 0 Å². The van der Waals surface area contributed by atoms with E-state index in [0.717, 1.165) is 32.4 Å². The number of hydrogen-bond acceptors (Lipinski definition) is 2. The van der Waals surface area contributed by atoms with Crippen LogP contribution in [0.15, 0.2) is 60.7 Å². The second-order valence-corrected chi connectivity index (χ2v) is 7.24. The molecule has 130 valence electrons. The Bertz CT molecular complexity index is 668. The van der Waals surface area contributed by atoms with Crippen LogP contribution in [0.3, 0.4) is 0 Å². The van der Waals surface area contributed by atoms with E-state index < -0.39 is 0 Å². The molecule has 2 heterocycles. The minimum Gasteiger partial charge on any atom is -0.381 e. The van der Waals surface area contributed by atoms with Crippen molar-refractivity contribution < 1.29 is 9.53 Å². The van der Waals surface area contributed by atoms with Crippen molar-refractivity contribution in [1.82, 2.24) is 4.90 Å². The standard InChI is InChI=1S/C22H25NO2/c24-21(18-12-15-25-16-18)23-14-7-13-22(17-23,19-8-3-1-4-9-19)20-10-5-2-6-11-20/h1-6,8-11,18H,7,12-17H2/t18-/m0/s1. The minimum absolute atomic E-state index is 0.0438. The van der Waals surface area contributed by atoms with Gasteiger partial charge in [0.2, 0.25) is 5.91 Å². The number of amides is 1. The van der Waals surface area contributed by atoms with Crippen LogP contribution in [0.4, 0.5) is 0 Å². The Labute approximate surface area is 149 Å². The van der Waals surface area contributed by atoms with Crippen molar-refractivity contribution in [2.24, 2.45) is 5.92 Å². The van der Waals surface area contributed by atoms with Crippen LogP contribution in [0, 0.1) is 5.92 Å². The molecule has 1 amide bonds. The number of carbonyl (C=O) groups is 1. The molecule has 0 bridgehead atoms. The molecule has 2 aliphatic heterocycles. The van der Waals surface area contributed by atoms with Gasteiger partial charge in [-0.1, -0.05) is 60.7 Å². The van der Waals surface area contributed by atoms with E-state index in [1.807, 2.05) is 0 Å². The Kier molecular flexibility index (Phi) is 4.58. The molecule has 0 aromatic heterocycles. The number of piperidine rings is 1. The van der Waals surface area contributed by atoms with E-state index >= 15 is 0 Å². The van der Waals surface area contributed by atoms with Gasteiger partial charge in [0.05, 0.1) is 12.5 Å². The summed E-state index contributed by atoms with van der Waals surface area (Å²) in [6.45, 7) is 2.92. The molecular formula is C22H25NO2. The Morgan fingerprint density at radius 3 is 2.20 bits per heavy atom. The predicted molar refractivity (Wildman–Crippen MR) is 98.4 cm³/mol. The van der Waals surface area contributed by atoms with Gasteiger partial charge >= 0.3 is 0 Å². The summed E-state index contributed by atoms with van der Waals surface area (Å²) in [5, 5.41) is 0. The molecule has 3 heteroatoms. The van der Waals surface area contributed by atoms with Crippen molar-refractivity contribution in [2.75, 3.05) is 26.3 Å². The van der Waals surface area contributed by atoms with Crippen LogP contribution in [0.25, 0.3) is 0 Å². The summed E-state index contributed by atoms with van der Waals surface area (Å²) in [6, 6.07) is 21.4. The molecule has 2 aromatic carbocycles. The molecule has 2 aliphatic rings. The highest BCUT2D eigenvalue weighted by Crippen LogP contribution is 2.40. The average molecular weight is 335 g/mol. The average Bonchev–Trinajstić information content (AvgIpc) is 3.23. The molecule has 4 rings (SSSR count). The van der Waals surface area contributed by atoms with E-state index in [0.29, 0.717) is 13.2 Å². The number of nitrogens with zero attached hydrogens (tertiary/aromatic N) is 1. The molecule has 1 atom stereocenters. The van der Waals surface area contributed by atoms with Crippen LogP contribution >= 0.6 is 0 Å². The lowest BCUT2D eigenvalue weighted by Crippen LogP contribution is -2.50. The fourth-order valence-electron chi connectivity index (χ4n) is 4.38. The van der Waals surface area contributed by atoms with Gasteiger partial charge in [-0.25, -0.2) is 0 Å². The van der Waals surface area contributed by atoms with E-state index in [1.165, 1.54) is 11.1 Å². The molecule has 3 nitrogen and oxygen atoms in total. The van der Waals surface area contributed by atoms with Gasteiger partial charge in [0.1, 0.15) is 0 Å². The molecule has 0 aliphatic carbocycles. The SMILES string of the molecule is O=C([C@H]1CCOC1)N1CCCC(c2ccccc2)(c2ccccc2)C1. The minimum atomic E-state index is -0.115.